The fourth-order valence-electron chi connectivity index (χ4n) is 1.99. The summed E-state index contributed by atoms with van der Waals surface area (Å²) in [6, 6.07) is 9.43. The van der Waals surface area contributed by atoms with Gasteiger partial charge >= 0.3 is 0 Å². The van der Waals surface area contributed by atoms with Gasteiger partial charge in [-0.3, -0.25) is 4.79 Å². The second-order valence-electron chi connectivity index (χ2n) is 4.78. The molecule has 0 fully saturated rings. The molecule has 0 aliphatic heterocycles. The minimum absolute atomic E-state index is 0.0942. The van der Waals surface area contributed by atoms with Crippen molar-refractivity contribution >= 4 is 5.78 Å². The molecule has 1 heteroatoms. The molecule has 1 nitrogen and oxygen atoms in total. The summed E-state index contributed by atoms with van der Waals surface area (Å²) in [4.78, 5) is 12.5. The number of rotatable bonds is 6. The fraction of sp³-hybridized carbons (Fsp3) is 0.353. The molecule has 1 rings (SSSR count). The van der Waals surface area contributed by atoms with Crippen LogP contribution in [0.25, 0.3) is 0 Å². The molecule has 0 amide bonds. The Morgan fingerprint density at radius 1 is 1.17 bits per heavy atom. The van der Waals surface area contributed by atoms with Gasteiger partial charge in [0.15, 0.2) is 5.78 Å². The summed E-state index contributed by atoms with van der Waals surface area (Å²) in [7, 11) is 0. The lowest BCUT2D eigenvalue weighted by Gasteiger charge is -2.12. The van der Waals surface area contributed by atoms with Gasteiger partial charge < -0.3 is 0 Å². The van der Waals surface area contributed by atoms with Crippen LogP contribution < -0.4 is 0 Å². The van der Waals surface area contributed by atoms with Crippen molar-refractivity contribution in [3.05, 3.63) is 59.2 Å². The van der Waals surface area contributed by atoms with E-state index in [1.807, 2.05) is 44.2 Å². The van der Waals surface area contributed by atoms with Gasteiger partial charge in [-0.1, -0.05) is 55.8 Å². The predicted molar refractivity (Wildman–Crippen MR) is 77.8 cm³/mol. The Labute approximate surface area is 110 Å². The number of hydrogen-bond acceptors (Lipinski definition) is 1. The summed E-state index contributed by atoms with van der Waals surface area (Å²) in [5.41, 5.74) is 3.55. The zero-order valence-corrected chi connectivity index (χ0v) is 11.6. The van der Waals surface area contributed by atoms with Crippen LogP contribution in [0.4, 0.5) is 0 Å². The van der Waals surface area contributed by atoms with E-state index in [1.165, 1.54) is 0 Å². The molecule has 0 bridgehead atoms. The first-order chi connectivity index (χ1) is 8.57. The van der Waals surface area contributed by atoms with Gasteiger partial charge in [-0.25, -0.2) is 0 Å². The number of hydrogen-bond donors (Lipinski definition) is 0. The third-order valence-corrected chi connectivity index (χ3v) is 2.95. The van der Waals surface area contributed by atoms with Crippen LogP contribution in [0.5, 0.6) is 0 Å². The van der Waals surface area contributed by atoms with Crippen LogP contribution >= 0.6 is 0 Å². The van der Waals surface area contributed by atoms with E-state index < -0.39 is 0 Å². The molecule has 0 aliphatic rings. The molecule has 0 heterocycles. The lowest BCUT2D eigenvalue weighted by Crippen LogP contribution is -2.07. The molecule has 96 valence electrons. The Bertz CT molecular complexity index is 448. The second-order valence-corrected chi connectivity index (χ2v) is 4.78. The highest BCUT2D eigenvalue weighted by atomic mass is 16.1. The van der Waals surface area contributed by atoms with E-state index in [0.717, 1.165) is 41.5 Å². The molecule has 0 radical (unpaired) electrons. The summed E-state index contributed by atoms with van der Waals surface area (Å²) < 4.78 is 0. The highest BCUT2D eigenvalue weighted by molar-refractivity contribution is 6.11. The van der Waals surface area contributed by atoms with Gasteiger partial charge in [0.2, 0.25) is 0 Å². The topological polar surface area (TPSA) is 17.1 Å². The van der Waals surface area contributed by atoms with Crippen molar-refractivity contribution in [3.63, 3.8) is 0 Å². The largest absolute Gasteiger partial charge is 0.289 e. The van der Waals surface area contributed by atoms with E-state index in [1.54, 1.807) is 0 Å². The zero-order valence-electron chi connectivity index (χ0n) is 11.6. The molecule has 0 saturated carbocycles. The predicted octanol–water partition coefficient (Wildman–Crippen LogP) is 4.95. The summed E-state index contributed by atoms with van der Waals surface area (Å²) >= 11 is 0. The fourth-order valence-corrected chi connectivity index (χ4v) is 1.99. The second kappa shape index (κ2) is 6.95. The van der Waals surface area contributed by atoms with Gasteiger partial charge in [0.25, 0.3) is 0 Å². The molecule has 0 aliphatic carbocycles. The molecule has 0 spiro atoms. The van der Waals surface area contributed by atoms with E-state index in [2.05, 4.69) is 13.5 Å². The Hall–Kier alpha value is -1.63. The van der Waals surface area contributed by atoms with Crippen molar-refractivity contribution in [1.82, 2.24) is 0 Å². The van der Waals surface area contributed by atoms with Crippen molar-refractivity contribution in [3.8, 4) is 0 Å². The Morgan fingerprint density at radius 3 is 2.28 bits per heavy atom. The maximum absolute atomic E-state index is 12.5. The van der Waals surface area contributed by atoms with E-state index in [-0.39, 0.29) is 5.78 Å². The first-order valence-corrected chi connectivity index (χ1v) is 6.53. The molecule has 0 aromatic heterocycles. The Balaban J connectivity index is 2.98. The summed E-state index contributed by atoms with van der Waals surface area (Å²) in [5.74, 6) is 0.0942. The van der Waals surface area contributed by atoms with Crippen molar-refractivity contribution < 1.29 is 4.79 Å². The van der Waals surface area contributed by atoms with Crippen LogP contribution in [0.2, 0.25) is 0 Å². The van der Waals surface area contributed by atoms with E-state index in [9.17, 15) is 4.79 Å². The van der Waals surface area contributed by atoms with Crippen LogP contribution in [0.1, 0.15) is 50.4 Å². The molecule has 0 unspecified atom stereocenters. The van der Waals surface area contributed by atoms with Crippen LogP contribution in [0.15, 0.2) is 53.6 Å². The van der Waals surface area contributed by atoms with Gasteiger partial charge in [-0.15, -0.1) is 0 Å². The summed E-state index contributed by atoms with van der Waals surface area (Å²) in [6.45, 7) is 10.2. The molecule has 0 N–H and O–H groups in total. The maximum Gasteiger partial charge on any atom is 0.193 e. The van der Waals surface area contributed by atoms with Crippen molar-refractivity contribution in [2.75, 3.05) is 0 Å². The number of ketones is 1. The van der Waals surface area contributed by atoms with Gasteiger partial charge in [0.05, 0.1) is 0 Å². The quantitative estimate of drug-likeness (QED) is 0.392. The number of allylic oxidation sites excluding steroid dienone is 3. The molecule has 0 saturated heterocycles. The van der Waals surface area contributed by atoms with E-state index >= 15 is 0 Å². The molecule has 1 aromatic rings. The molecular formula is C17H22O. The van der Waals surface area contributed by atoms with E-state index in [4.69, 9.17) is 0 Å². The third kappa shape index (κ3) is 3.69. The summed E-state index contributed by atoms with van der Waals surface area (Å²) in [5, 5.41) is 0. The van der Waals surface area contributed by atoms with Gasteiger partial charge in [0.1, 0.15) is 0 Å². The van der Waals surface area contributed by atoms with Crippen molar-refractivity contribution in [2.24, 2.45) is 0 Å². The summed E-state index contributed by atoms with van der Waals surface area (Å²) in [6.07, 6.45) is 3.10. The molecular weight excluding hydrogens is 220 g/mol. The van der Waals surface area contributed by atoms with Crippen molar-refractivity contribution in [2.45, 2.75) is 40.0 Å². The third-order valence-electron chi connectivity index (χ3n) is 2.95. The number of carbonyl (C=O) groups excluding carboxylic acids is 1. The lowest BCUT2D eigenvalue weighted by molar-refractivity contribution is 0.103. The molecule has 1 aromatic carbocycles. The van der Waals surface area contributed by atoms with Gasteiger partial charge in [-0.2, -0.15) is 0 Å². The molecule has 18 heavy (non-hydrogen) atoms. The van der Waals surface area contributed by atoms with Gasteiger partial charge in [0, 0.05) is 11.1 Å². The Morgan fingerprint density at radius 2 is 1.78 bits per heavy atom. The van der Waals surface area contributed by atoms with Crippen molar-refractivity contribution in [1.29, 1.82) is 0 Å². The number of carbonyl (C=O) groups is 1. The Kier molecular flexibility index (Phi) is 5.57. The number of unbranched alkanes of at least 4 members (excludes halogenated alkanes) is 1. The van der Waals surface area contributed by atoms with E-state index in [0.29, 0.717) is 0 Å². The normalized spacial score (nSPS) is 9.94. The number of Topliss-reactive ketones (excluding diaryl/α,β-unsaturated/α-hetero) is 1. The molecule has 0 atom stereocenters. The van der Waals surface area contributed by atoms with Crippen LogP contribution in [-0.4, -0.2) is 5.78 Å². The highest BCUT2D eigenvalue weighted by Gasteiger charge is 2.15. The minimum atomic E-state index is 0.0942. The first kappa shape index (κ1) is 14.4. The highest BCUT2D eigenvalue weighted by Crippen LogP contribution is 2.23. The zero-order chi connectivity index (χ0) is 13.5. The standard InChI is InChI=1S/C17H22O/c1-5-6-10-14(4)16(13(2)3)17(18)15-11-8-7-9-12-15/h7-9,11-12H,4-6,10H2,1-3H3. The van der Waals surface area contributed by atoms with Crippen LogP contribution in [0, 0.1) is 0 Å². The van der Waals surface area contributed by atoms with Crippen LogP contribution in [-0.2, 0) is 0 Å². The smallest absolute Gasteiger partial charge is 0.193 e. The average Bonchev–Trinajstić information content (AvgIpc) is 2.37. The average molecular weight is 242 g/mol. The lowest BCUT2D eigenvalue weighted by atomic mass is 9.91. The SMILES string of the molecule is C=C(CCCC)C(C(=O)c1ccccc1)=C(C)C. The van der Waals surface area contributed by atoms with Crippen LogP contribution in [0.3, 0.4) is 0 Å². The minimum Gasteiger partial charge on any atom is -0.289 e. The first-order valence-electron chi connectivity index (χ1n) is 6.53. The van der Waals surface area contributed by atoms with Gasteiger partial charge in [-0.05, 0) is 32.3 Å². The number of benzene rings is 1. The monoisotopic (exact) mass is 242 g/mol. The maximum atomic E-state index is 12.5.